The Bertz CT molecular complexity index is 941. The van der Waals surface area contributed by atoms with E-state index in [9.17, 15) is 4.79 Å². The summed E-state index contributed by atoms with van der Waals surface area (Å²) in [4.78, 5) is 12.2. The molecule has 4 heterocycles. The van der Waals surface area contributed by atoms with E-state index in [1.165, 1.54) is 0 Å². The van der Waals surface area contributed by atoms with Crippen LogP contribution in [-0.2, 0) is 39.8 Å². The van der Waals surface area contributed by atoms with Gasteiger partial charge in [0.15, 0.2) is 11.6 Å². The molecule has 36 heavy (non-hydrogen) atoms. The first-order valence-corrected chi connectivity index (χ1v) is 13.3. The van der Waals surface area contributed by atoms with Gasteiger partial charge in [0.25, 0.3) is 0 Å². The van der Waals surface area contributed by atoms with Crippen molar-refractivity contribution in [3.8, 4) is 0 Å². The normalized spacial score (nSPS) is 37.9. The highest BCUT2D eigenvalue weighted by molar-refractivity contribution is 5.75. The topological polar surface area (TPSA) is 72.5 Å². The summed E-state index contributed by atoms with van der Waals surface area (Å²) in [6, 6.07) is 10.2. The van der Waals surface area contributed by atoms with Gasteiger partial charge in [0.2, 0.25) is 0 Å². The van der Waals surface area contributed by atoms with Crippen LogP contribution in [0.15, 0.2) is 42.5 Å². The molecular weight excluding hydrogens is 460 g/mol. The Labute approximate surface area is 214 Å². The van der Waals surface area contributed by atoms with Gasteiger partial charge in [-0.1, -0.05) is 49.4 Å². The molecule has 0 bridgehead atoms. The third-order valence-corrected chi connectivity index (χ3v) is 7.73. The summed E-state index contributed by atoms with van der Waals surface area (Å²) in [5.41, 5.74) is 0.620. The Balaban J connectivity index is 1.15. The molecule has 2 spiro atoms. The zero-order valence-corrected chi connectivity index (χ0v) is 21.9. The number of carbonyl (C=O) groups excluding carboxylic acids is 1. The van der Waals surface area contributed by atoms with Crippen LogP contribution in [0.1, 0.15) is 65.4 Å². The molecule has 198 valence electrons. The van der Waals surface area contributed by atoms with Crippen LogP contribution >= 0.6 is 0 Å². The van der Waals surface area contributed by atoms with Crippen molar-refractivity contribution in [2.45, 2.75) is 102 Å². The number of benzene rings is 1. The number of hydrogen-bond donors (Lipinski definition) is 0. The number of rotatable bonds is 6. The van der Waals surface area contributed by atoms with Crippen LogP contribution < -0.4 is 0 Å². The first-order valence-electron chi connectivity index (χ1n) is 13.3. The van der Waals surface area contributed by atoms with E-state index < -0.39 is 17.0 Å². The van der Waals surface area contributed by atoms with E-state index >= 15 is 0 Å². The van der Waals surface area contributed by atoms with Gasteiger partial charge in [-0.3, -0.25) is 4.79 Å². The molecule has 7 heteroatoms. The monoisotopic (exact) mass is 500 g/mol. The zero-order valence-electron chi connectivity index (χ0n) is 21.9. The van der Waals surface area contributed by atoms with Crippen molar-refractivity contribution in [2.75, 3.05) is 13.2 Å². The van der Waals surface area contributed by atoms with E-state index in [0.717, 1.165) is 31.2 Å². The Morgan fingerprint density at radius 1 is 1.06 bits per heavy atom. The quantitative estimate of drug-likeness (QED) is 0.405. The molecule has 0 N–H and O–H groups in total. The summed E-state index contributed by atoms with van der Waals surface area (Å²) in [5.74, 6) is -1.48. The van der Waals surface area contributed by atoms with Gasteiger partial charge in [-0.25, -0.2) is 0 Å². The van der Waals surface area contributed by atoms with E-state index in [-0.39, 0.29) is 42.9 Å². The highest BCUT2D eigenvalue weighted by Crippen LogP contribution is 2.52. The Morgan fingerprint density at radius 3 is 2.64 bits per heavy atom. The number of hydrogen-bond acceptors (Lipinski definition) is 7. The summed E-state index contributed by atoms with van der Waals surface area (Å²) in [6.45, 7) is 9.05. The lowest BCUT2D eigenvalue weighted by molar-refractivity contribution is -0.368. The summed E-state index contributed by atoms with van der Waals surface area (Å²) >= 11 is 0. The summed E-state index contributed by atoms with van der Waals surface area (Å²) in [7, 11) is 0. The van der Waals surface area contributed by atoms with E-state index in [4.69, 9.17) is 28.4 Å². The maximum Gasteiger partial charge on any atom is 0.311 e. The van der Waals surface area contributed by atoms with E-state index in [1.54, 1.807) is 0 Å². The lowest BCUT2D eigenvalue weighted by Crippen LogP contribution is -2.53. The van der Waals surface area contributed by atoms with Crippen molar-refractivity contribution >= 4 is 5.97 Å². The smallest absolute Gasteiger partial charge is 0.311 e. The van der Waals surface area contributed by atoms with Crippen LogP contribution in [0.5, 0.6) is 0 Å². The molecule has 0 aliphatic carbocycles. The van der Waals surface area contributed by atoms with Crippen molar-refractivity contribution in [1.82, 2.24) is 0 Å². The molecule has 0 aromatic heterocycles. The zero-order chi connectivity index (χ0) is 25.4. The van der Waals surface area contributed by atoms with Crippen LogP contribution in [0.4, 0.5) is 0 Å². The van der Waals surface area contributed by atoms with E-state index in [0.29, 0.717) is 19.6 Å². The second kappa shape index (κ2) is 10.2. The molecule has 7 nitrogen and oxygen atoms in total. The average Bonchev–Trinajstić information content (AvgIpc) is 3.39. The maximum atomic E-state index is 12.2. The second-order valence-electron chi connectivity index (χ2n) is 11.8. The molecule has 1 aromatic rings. The van der Waals surface area contributed by atoms with E-state index in [1.807, 2.05) is 45.0 Å². The van der Waals surface area contributed by atoms with Gasteiger partial charge in [0.1, 0.15) is 12.7 Å². The highest BCUT2D eigenvalue weighted by atomic mass is 16.8. The molecule has 4 aliphatic heterocycles. The van der Waals surface area contributed by atoms with Gasteiger partial charge < -0.3 is 28.4 Å². The van der Waals surface area contributed by atoms with Crippen molar-refractivity contribution in [1.29, 1.82) is 0 Å². The fraction of sp³-hybridized carbons (Fsp3) is 0.690. The van der Waals surface area contributed by atoms with Crippen LogP contribution in [0.3, 0.4) is 0 Å². The van der Waals surface area contributed by atoms with Gasteiger partial charge in [0.05, 0.1) is 36.9 Å². The largest absolute Gasteiger partial charge is 0.462 e. The molecule has 1 aromatic carbocycles. The number of esters is 1. The summed E-state index contributed by atoms with van der Waals surface area (Å²) in [5, 5.41) is 0. The molecule has 3 fully saturated rings. The van der Waals surface area contributed by atoms with Crippen LogP contribution in [0.25, 0.3) is 0 Å². The minimum absolute atomic E-state index is 0.00987. The SMILES string of the molecule is C[C@@H]1C[C@H]2O[C@H](COCc3ccccc3)C[C@H]2O[C@@]12CC[C@]1(CC=C[C@@H](COC(=O)C(C)(C)C)O1)O2. The van der Waals surface area contributed by atoms with Crippen LogP contribution in [0, 0.1) is 11.3 Å². The third-order valence-electron chi connectivity index (χ3n) is 7.73. The fourth-order valence-electron chi connectivity index (χ4n) is 5.69. The minimum atomic E-state index is -0.744. The standard InChI is InChI=1S/C29H40O7/c1-20-15-24-25(16-23(33-24)18-31-17-21-9-6-5-7-10-21)35-29(20)14-13-28(36-29)12-8-11-22(34-28)19-32-26(30)27(2,3)4/h5-11,20,22-25H,12-19H2,1-4H3/t20-,22+,23+,24-,25-,28+,29-/m1/s1. The Morgan fingerprint density at radius 2 is 1.86 bits per heavy atom. The molecule has 5 rings (SSSR count). The molecule has 0 unspecified atom stereocenters. The first kappa shape index (κ1) is 25.9. The van der Waals surface area contributed by atoms with Crippen molar-refractivity contribution in [3.63, 3.8) is 0 Å². The lowest BCUT2D eigenvalue weighted by atomic mass is 9.86. The van der Waals surface area contributed by atoms with Crippen LogP contribution in [0.2, 0.25) is 0 Å². The predicted octanol–water partition coefficient (Wildman–Crippen LogP) is 4.92. The molecule has 3 saturated heterocycles. The molecule has 0 radical (unpaired) electrons. The maximum absolute atomic E-state index is 12.2. The molecule has 0 saturated carbocycles. The predicted molar refractivity (Wildman–Crippen MR) is 133 cm³/mol. The number of fused-ring (bicyclic) bond motifs is 1. The number of carbonyl (C=O) groups is 1. The Hall–Kier alpha value is -1.77. The average molecular weight is 501 g/mol. The molecular formula is C29H40O7. The fourth-order valence-corrected chi connectivity index (χ4v) is 5.69. The summed E-state index contributed by atoms with van der Waals surface area (Å²) in [6.07, 6.45) is 7.66. The van der Waals surface area contributed by atoms with Crippen molar-refractivity contribution in [2.24, 2.45) is 11.3 Å². The first-order chi connectivity index (χ1) is 17.2. The van der Waals surface area contributed by atoms with Gasteiger partial charge in [-0.05, 0) is 32.8 Å². The van der Waals surface area contributed by atoms with Crippen molar-refractivity contribution < 1.29 is 33.2 Å². The molecule has 0 amide bonds. The van der Waals surface area contributed by atoms with Gasteiger partial charge in [-0.2, -0.15) is 0 Å². The summed E-state index contributed by atoms with van der Waals surface area (Å²) < 4.78 is 37.5. The Kier molecular flexibility index (Phi) is 7.31. The van der Waals surface area contributed by atoms with Crippen molar-refractivity contribution in [3.05, 3.63) is 48.0 Å². The molecule has 7 atom stereocenters. The third kappa shape index (κ3) is 5.55. The number of ether oxygens (including phenoxy) is 6. The van der Waals surface area contributed by atoms with Gasteiger partial charge >= 0.3 is 5.97 Å². The lowest BCUT2D eigenvalue weighted by Gasteiger charge is -2.46. The highest BCUT2D eigenvalue weighted by Gasteiger charge is 2.60. The van der Waals surface area contributed by atoms with Gasteiger partial charge in [-0.15, -0.1) is 0 Å². The van der Waals surface area contributed by atoms with Crippen LogP contribution in [-0.4, -0.2) is 55.2 Å². The molecule has 4 aliphatic rings. The van der Waals surface area contributed by atoms with E-state index in [2.05, 4.69) is 25.1 Å². The second-order valence-corrected chi connectivity index (χ2v) is 11.8. The van der Waals surface area contributed by atoms with Gasteiger partial charge in [0, 0.05) is 31.6 Å². The minimum Gasteiger partial charge on any atom is -0.462 e.